The van der Waals surface area contributed by atoms with Crippen molar-refractivity contribution in [3.63, 3.8) is 0 Å². The molecule has 0 fully saturated rings. The van der Waals surface area contributed by atoms with Gasteiger partial charge in [0.05, 0.1) is 7.11 Å². The zero-order valence-corrected chi connectivity index (χ0v) is 5.42. The van der Waals surface area contributed by atoms with Gasteiger partial charge < -0.3 is 4.74 Å². The molecule has 0 atom stereocenters. The van der Waals surface area contributed by atoms with Gasteiger partial charge >= 0.3 is 0 Å². The summed E-state index contributed by atoms with van der Waals surface area (Å²) in [5, 5.41) is 0.586. The van der Waals surface area contributed by atoms with Crippen LogP contribution in [0.25, 0.3) is 0 Å². The third-order valence-corrected chi connectivity index (χ3v) is 0.905. The van der Waals surface area contributed by atoms with Crippen molar-refractivity contribution in [2.45, 2.75) is 13.3 Å². The van der Waals surface area contributed by atoms with Crippen LogP contribution in [-0.2, 0) is 4.74 Å². The van der Waals surface area contributed by atoms with E-state index in [0.29, 0.717) is 5.05 Å². The molecule has 0 bridgehead atoms. The predicted octanol–water partition coefficient (Wildman–Crippen LogP) is 1.57. The van der Waals surface area contributed by atoms with Crippen LogP contribution in [0.1, 0.15) is 13.3 Å². The molecule has 0 aromatic rings. The van der Waals surface area contributed by atoms with Gasteiger partial charge in [-0.15, -0.1) is 0 Å². The van der Waals surface area contributed by atoms with E-state index in [9.17, 15) is 0 Å². The minimum atomic E-state index is 0.586. The molecule has 1 radical (unpaired) electrons. The zero-order valence-electron chi connectivity index (χ0n) is 4.60. The first-order chi connectivity index (χ1) is 3.31. The second-order valence-electron chi connectivity index (χ2n) is 1.14. The molecule has 41 valence electrons. The van der Waals surface area contributed by atoms with E-state index in [1.165, 1.54) is 0 Å². The molecule has 0 spiro atoms. The molecule has 0 saturated heterocycles. The second-order valence-corrected chi connectivity index (χ2v) is 1.54. The Morgan fingerprint density at radius 2 is 2.43 bits per heavy atom. The fourth-order valence-electron chi connectivity index (χ4n) is 0.250. The third kappa shape index (κ3) is 3.73. The molecule has 0 aromatic heterocycles. The summed E-state index contributed by atoms with van der Waals surface area (Å²) in [6.07, 6.45) is 2.81. The maximum Gasteiger partial charge on any atom is 0.163 e. The van der Waals surface area contributed by atoms with Crippen molar-refractivity contribution < 1.29 is 4.74 Å². The summed E-state index contributed by atoms with van der Waals surface area (Å²) in [6, 6.07) is 0. The van der Waals surface area contributed by atoms with Crippen LogP contribution in [0.2, 0.25) is 0 Å². The van der Waals surface area contributed by atoms with Crippen LogP contribution in [0.5, 0.6) is 0 Å². The summed E-state index contributed by atoms with van der Waals surface area (Å²) in [7, 11) is 1.58. The summed E-state index contributed by atoms with van der Waals surface area (Å²) in [4.78, 5) is 0. The molecular formula is C5H9OS. The number of thiocarbonyl (C=S) groups is 1. The molecule has 7 heavy (non-hydrogen) atoms. The average Bonchev–Trinajstić information content (AvgIpc) is 1.68. The molecule has 0 aliphatic carbocycles. The minimum absolute atomic E-state index is 0.586. The highest BCUT2D eigenvalue weighted by Gasteiger charge is 1.87. The summed E-state index contributed by atoms with van der Waals surface area (Å²) in [5.74, 6) is 0. The highest BCUT2D eigenvalue weighted by Crippen LogP contribution is 1.88. The highest BCUT2D eigenvalue weighted by atomic mass is 32.1. The Hall–Kier alpha value is -0.110. The first-order valence-electron chi connectivity index (χ1n) is 2.22. The van der Waals surface area contributed by atoms with Crippen LogP contribution >= 0.6 is 12.2 Å². The van der Waals surface area contributed by atoms with Crippen molar-refractivity contribution in [2.75, 3.05) is 7.11 Å². The van der Waals surface area contributed by atoms with Crippen molar-refractivity contribution in [3.8, 4) is 0 Å². The van der Waals surface area contributed by atoms with Crippen LogP contribution in [0.15, 0.2) is 0 Å². The normalized spacial score (nSPS) is 8.29. The maximum atomic E-state index is 4.68. The molecule has 2 heteroatoms. The van der Waals surface area contributed by atoms with Gasteiger partial charge in [0.1, 0.15) is 0 Å². The van der Waals surface area contributed by atoms with Crippen LogP contribution in [0.4, 0.5) is 0 Å². The van der Waals surface area contributed by atoms with Gasteiger partial charge in [-0.05, 0) is 18.6 Å². The van der Waals surface area contributed by atoms with E-state index in [1.807, 2.05) is 13.3 Å². The van der Waals surface area contributed by atoms with E-state index in [1.54, 1.807) is 7.11 Å². The average molecular weight is 117 g/mol. The molecule has 0 N–H and O–H groups in total. The fourth-order valence-corrected chi connectivity index (χ4v) is 0.417. The Labute approximate surface area is 49.7 Å². The second kappa shape index (κ2) is 4.06. The molecule has 0 rings (SSSR count). The molecule has 0 unspecified atom stereocenters. The van der Waals surface area contributed by atoms with Crippen LogP contribution in [-0.4, -0.2) is 12.2 Å². The monoisotopic (exact) mass is 117 g/mol. The molecule has 0 heterocycles. The minimum Gasteiger partial charge on any atom is -0.490 e. The number of methoxy groups -OCH3 is 1. The van der Waals surface area contributed by atoms with Gasteiger partial charge in [-0.2, -0.15) is 0 Å². The predicted molar refractivity (Wildman–Crippen MR) is 34.2 cm³/mol. The first kappa shape index (κ1) is 6.89. The van der Waals surface area contributed by atoms with Gasteiger partial charge in [-0.1, -0.05) is 6.92 Å². The molecule has 0 amide bonds. The SMILES string of the molecule is CC[CH]C(=S)OC. The van der Waals surface area contributed by atoms with Crippen molar-refractivity contribution >= 4 is 17.3 Å². The van der Waals surface area contributed by atoms with E-state index in [-0.39, 0.29) is 0 Å². The zero-order chi connectivity index (χ0) is 5.70. The number of hydrogen-bond donors (Lipinski definition) is 0. The largest absolute Gasteiger partial charge is 0.490 e. The quantitative estimate of drug-likeness (QED) is 0.508. The van der Waals surface area contributed by atoms with Crippen LogP contribution in [0, 0.1) is 6.42 Å². The molecule has 0 aliphatic heterocycles. The molecule has 0 saturated carbocycles. The molecule has 0 aliphatic rings. The molecule has 0 aromatic carbocycles. The van der Waals surface area contributed by atoms with E-state index in [0.717, 1.165) is 6.42 Å². The molecular weight excluding hydrogens is 108 g/mol. The number of ether oxygens (including phenoxy) is 1. The first-order valence-corrected chi connectivity index (χ1v) is 2.63. The Balaban J connectivity index is 3.00. The highest BCUT2D eigenvalue weighted by molar-refractivity contribution is 7.80. The van der Waals surface area contributed by atoms with Gasteiger partial charge in [0, 0.05) is 6.42 Å². The Bertz CT molecular complexity index is 61.1. The molecule has 1 nitrogen and oxygen atoms in total. The summed E-state index contributed by atoms with van der Waals surface area (Å²) < 4.78 is 4.67. The van der Waals surface area contributed by atoms with Gasteiger partial charge in [-0.25, -0.2) is 0 Å². The van der Waals surface area contributed by atoms with E-state index < -0.39 is 0 Å². The summed E-state index contributed by atoms with van der Waals surface area (Å²) in [6.45, 7) is 2.02. The smallest absolute Gasteiger partial charge is 0.163 e. The lowest BCUT2D eigenvalue weighted by Gasteiger charge is -1.94. The Morgan fingerprint density at radius 1 is 1.86 bits per heavy atom. The fraction of sp³-hybridized carbons (Fsp3) is 0.600. The van der Waals surface area contributed by atoms with Crippen molar-refractivity contribution in [3.05, 3.63) is 6.42 Å². The Morgan fingerprint density at radius 3 is 2.57 bits per heavy atom. The lowest BCUT2D eigenvalue weighted by Crippen LogP contribution is -1.95. The van der Waals surface area contributed by atoms with Crippen molar-refractivity contribution in [1.82, 2.24) is 0 Å². The van der Waals surface area contributed by atoms with E-state index >= 15 is 0 Å². The van der Waals surface area contributed by atoms with Gasteiger partial charge in [0.2, 0.25) is 0 Å². The van der Waals surface area contributed by atoms with Crippen LogP contribution in [0.3, 0.4) is 0 Å². The maximum absolute atomic E-state index is 4.68. The van der Waals surface area contributed by atoms with Gasteiger partial charge in [0.15, 0.2) is 5.05 Å². The summed E-state index contributed by atoms with van der Waals surface area (Å²) in [5.41, 5.74) is 0. The van der Waals surface area contributed by atoms with E-state index in [2.05, 4.69) is 17.0 Å². The standard InChI is InChI=1S/C5H9OS/c1-3-4-5(7)6-2/h4H,3H2,1-2H3. The lowest BCUT2D eigenvalue weighted by molar-refractivity contribution is 0.413. The van der Waals surface area contributed by atoms with Crippen molar-refractivity contribution in [2.24, 2.45) is 0 Å². The van der Waals surface area contributed by atoms with Gasteiger partial charge in [0.25, 0.3) is 0 Å². The van der Waals surface area contributed by atoms with Crippen LogP contribution < -0.4 is 0 Å². The van der Waals surface area contributed by atoms with E-state index in [4.69, 9.17) is 0 Å². The number of rotatable bonds is 2. The Kier molecular flexibility index (Phi) is 4.00. The summed E-state index contributed by atoms with van der Waals surface area (Å²) >= 11 is 4.68. The van der Waals surface area contributed by atoms with Gasteiger partial charge in [-0.3, -0.25) is 0 Å². The third-order valence-electron chi connectivity index (χ3n) is 0.572. The number of hydrogen-bond acceptors (Lipinski definition) is 2. The lowest BCUT2D eigenvalue weighted by atomic mass is 10.4. The van der Waals surface area contributed by atoms with Crippen molar-refractivity contribution in [1.29, 1.82) is 0 Å². The topological polar surface area (TPSA) is 9.23 Å².